The van der Waals surface area contributed by atoms with Crippen molar-refractivity contribution in [1.82, 2.24) is 0 Å². The van der Waals surface area contributed by atoms with Crippen LogP contribution in [-0.2, 0) is 4.74 Å². The molecule has 4 nitrogen and oxygen atoms in total. The largest absolute Gasteiger partial charge is 0.390 e. The zero-order chi connectivity index (χ0) is 13.2. The SMILES string of the molecule is C=C(C)C(O)OC12CC3CC(O)(CC(O)(C3)C1)C2. The molecule has 3 atom stereocenters. The van der Waals surface area contributed by atoms with Crippen molar-refractivity contribution in [3.63, 3.8) is 0 Å². The van der Waals surface area contributed by atoms with Crippen molar-refractivity contribution in [3.8, 4) is 0 Å². The van der Waals surface area contributed by atoms with Crippen LogP contribution in [0, 0.1) is 5.92 Å². The summed E-state index contributed by atoms with van der Waals surface area (Å²) in [5.41, 5.74) is -1.66. The Kier molecular flexibility index (Phi) is 2.50. The van der Waals surface area contributed by atoms with Crippen LogP contribution in [0.4, 0.5) is 0 Å². The van der Waals surface area contributed by atoms with Crippen LogP contribution >= 0.6 is 0 Å². The molecule has 0 aromatic rings. The van der Waals surface area contributed by atoms with E-state index in [1.54, 1.807) is 6.92 Å². The van der Waals surface area contributed by atoms with Gasteiger partial charge in [-0.1, -0.05) is 6.58 Å². The second-order valence-electron chi connectivity index (χ2n) is 6.96. The van der Waals surface area contributed by atoms with E-state index in [0.29, 0.717) is 30.8 Å². The van der Waals surface area contributed by atoms with Crippen LogP contribution < -0.4 is 0 Å². The third kappa shape index (κ3) is 1.92. The van der Waals surface area contributed by atoms with Gasteiger partial charge >= 0.3 is 0 Å². The van der Waals surface area contributed by atoms with Crippen molar-refractivity contribution in [2.45, 2.75) is 68.5 Å². The van der Waals surface area contributed by atoms with E-state index in [1.165, 1.54) is 0 Å². The van der Waals surface area contributed by atoms with Crippen molar-refractivity contribution in [3.05, 3.63) is 12.2 Å². The Labute approximate surface area is 107 Å². The Bertz CT molecular complexity index is 373. The highest BCUT2D eigenvalue weighted by atomic mass is 16.6. The first-order valence-electron chi connectivity index (χ1n) is 6.69. The van der Waals surface area contributed by atoms with Gasteiger partial charge in [0, 0.05) is 19.3 Å². The zero-order valence-corrected chi connectivity index (χ0v) is 10.9. The maximum Gasteiger partial charge on any atom is 0.177 e. The second-order valence-corrected chi connectivity index (χ2v) is 6.96. The Balaban J connectivity index is 1.87. The molecule has 4 aliphatic rings. The van der Waals surface area contributed by atoms with Gasteiger partial charge in [0.15, 0.2) is 6.29 Å². The average Bonchev–Trinajstić information content (AvgIpc) is 2.09. The predicted octanol–water partition coefficient (Wildman–Crippen LogP) is 1.10. The molecule has 4 bridgehead atoms. The Morgan fingerprint density at radius 2 is 1.72 bits per heavy atom. The topological polar surface area (TPSA) is 69.9 Å². The summed E-state index contributed by atoms with van der Waals surface area (Å²) in [5.74, 6) is 0.300. The molecule has 0 radical (unpaired) electrons. The van der Waals surface area contributed by atoms with Crippen LogP contribution in [0.5, 0.6) is 0 Å². The van der Waals surface area contributed by atoms with Crippen molar-refractivity contribution in [2.24, 2.45) is 5.92 Å². The number of aliphatic hydroxyl groups excluding tert-OH is 1. The Hall–Kier alpha value is -0.420. The maximum absolute atomic E-state index is 10.5. The van der Waals surface area contributed by atoms with Crippen molar-refractivity contribution in [1.29, 1.82) is 0 Å². The van der Waals surface area contributed by atoms with Crippen molar-refractivity contribution >= 4 is 0 Å². The van der Waals surface area contributed by atoms with Gasteiger partial charge in [-0.3, -0.25) is 0 Å². The molecule has 0 amide bonds. The fourth-order valence-electron chi connectivity index (χ4n) is 4.72. The molecule has 4 aliphatic carbocycles. The highest BCUT2D eigenvalue weighted by Gasteiger charge is 2.63. The summed E-state index contributed by atoms with van der Waals surface area (Å²) in [6.45, 7) is 5.40. The lowest BCUT2D eigenvalue weighted by Gasteiger charge is -2.63. The first kappa shape index (κ1) is 12.6. The maximum atomic E-state index is 10.5. The van der Waals surface area contributed by atoms with Gasteiger partial charge in [-0.05, 0) is 37.7 Å². The molecule has 4 fully saturated rings. The summed E-state index contributed by atoms with van der Waals surface area (Å²) >= 11 is 0. The van der Waals surface area contributed by atoms with Crippen LogP contribution in [0.3, 0.4) is 0 Å². The number of rotatable bonds is 3. The molecule has 4 rings (SSSR count). The van der Waals surface area contributed by atoms with E-state index < -0.39 is 23.1 Å². The molecule has 3 N–H and O–H groups in total. The molecule has 0 heterocycles. The van der Waals surface area contributed by atoms with E-state index in [4.69, 9.17) is 4.74 Å². The van der Waals surface area contributed by atoms with E-state index in [1.807, 2.05) is 0 Å². The number of ether oxygens (including phenoxy) is 1. The minimum absolute atomic E-state index is 0.300. The summed E-state index contributed by atoms with van der Waals surface area (Å²) in [7, 11) is 0. The molecule has 0 saturated heterocycles. The van der Waals surface area contributed by atoms with Crippen LogP contribution in [0.15, 0.2) is 12.2 Å². The van der Waals surface area contributed by atoms with Crippen LogP contribution in [0.1, 0.15) is 45.4 Å². The number of hydrogen-bond donors (Lipinski definition) is 3. The van der Waals surface area contributed by atoms with Gasteiger partial charge in [-0.15, -0.1) is 0 Å². The molecule has 0 spiro atoms. The lowest BCUT2D eigenvalue weighted by atomic mass is 9.50. The van der Waals surface area contributed by atoms with Gasteiger partial charge < -0.3 is 20.1 Å². The molecule has 0 aliphatic heterocycles. The van der Waals surface area contributed by atoms with Gasteiger partial charge in [0.2, 0.25) is 0 Å². The minimum atomic E-state index is -1.01. The van der Waals surface area contributed by atoms with Gasteiger partial charge in [0.25, 0.3) is 0 Å². The summed E-state index contributed by atoms with van der Waals surface area (Å²) < 4.78 is 5.78. The molecule has 18 heavy (non-hydrogen) atoms. The summed E-state index contributed by atoms with van der Waals surface area (Å²) in [4.78, 5) is 0. The number of aliphatic hydroxyl groups is 3. The summed E-state index contributed by atoms with van der Waals surface area (Å²) in [6, 6.07) is 0. The zero-order valence-electron chi connectivity index (χ0n) is 10.9. The molecule has 3 unspecified atom stereocenters. The lowest BCUT2D eigenvalue weighted by Crippen LogP contribution is -2.67. The fraction of sp³-hybridized carbons (Fsp3) is 0.857. The summed E-state index contributed by atoms with van der Waals surface area (Å²) in [5, 5.41) is 31.0. The highest BCUT2D eigenvalue weighted by molar-refractivity contribution is 5.16. The smallest absolute Gasteiger partial charge is 0.177 e. The first-order valence-corrected chi connectivity index (χ1v) is 6.69. The molecule has 0 aromatic heterocycles. The van der Waals surface area contributed by atoms with E-state index in [-0.39, 0.29) is 0 Å². The molecular formula is C14H22O4. The third-order valence-electron chi connectivity index (χ3n) is 4.74. The second kappa shape index (κ2) is 3.57. The van der Waals surface area contributed by atoms with E-state index in [9.17, 15) is 15.3 Å². The first-order chi connectivity index (χ1) is 8.23. The Morgan fingerprint density at radius 1 is 1.17 bits per heavy atom. The van der Waals surface area contributed by atoms with E-state index >= 15 is 0 Å². The molecule has 0 aromatic carbocycles. The number of hydrogen-bond acceptors (Lipinski definition) is 4. The molecule has 102 valence electrons. The fourth-order valence-corrected chi connectivity index (χ4v) is 4.72. The third-order valence-corrected chi connectivity index (χ3v) is 4.74. The molecular weight excluding hydrogens is 232 g/mol. The van der Waals surface area contributed by atoms with Gasteiger partial charge in [0.05, 0.1) is 16.8 Å². The molecule has 4 heteroatoms. The van der Waals surface area contributed by atoms with E-state index in [2.05, 4.69) is 6.58 Å². The lowest BCUT2D eigenvalue weighted by molar-refractivity contribution is -0.294. The van der Waals surface area contributed by atoms with E-state index in [0.717, 1.165) is 19.3 Å². The quantitative estimate of drug-likeness (QED) is 0.521. The van der Waals surface area contributed by atoms with Gasteiger partial charge in [0.1, 0.15) is 0 Å². The van der Waals surface area contributed by atoms with Crippen LogP contribution in [-0.4, -0.2) is 38.4 Å². The predicted molar refractivity (Wildman–Crippen MR) is 65.7 cm³/mol. The van der Waals surface area contributed by atoms with Crippen LogP contribution in [0.25, 0.3) is 0 Å². The van der Waals surface area contributed by atoms with Crippen molar-refractivity contribution < 1.29 is 20.1 Å². The standard InChI is InChI=1S/C14H22O4/c1-9(2)11(15)18-14-5-10-3-12(16,7-14)6-13(17,4-10)8-14/h10-11,15-17H,1,3-8H2,2H3. The monoisotopic (exact) mass is 254 g/mol. The minimum Gasteiger partial charge on any atom is -0.390 e. The van der Waals surface area contributed by atoms with Gasteiger partial charge in [-0.25, -0.2) is 0 Å². The van der Waals surface area contributed by atoms with Gasteiger partial charge in [-0.2, -0.15) is 0 Å². The highest BCUT2D eigenvalue weighted by Crippen LogP contribution is 2.60. The molecule has 4 saturated carbocycles. The van der Waals surface area contributed by atoms with Crippen molar-refractivity contribution in [2.75, 3.05) is 0 Å². The van der Waals surface area contributed by atoms with Crippen LogP contribution in [0.2, 0.25) is 0 Å². The summed E-state index contributed by atoms with van der Waals surface area (Å²) in [6.07, 6.45) is 2.81. The normalized spacial score (nSPS) is 51.4. The Morgan fingerprint density at radius 3 is 2.17 bits per heavy atom. The average molecular weight is 254 g/mol.